The van der Waals surface area contributed by atoms with Crippen LogP contribution in [0, 0.1) is 0 Å². The molecule has 0 bridgehead atoms. The van der Waals surface area contributed by atoms with E-state index in [0.717, 1.165) is 40.3 Å². The van der Waals surface area contributed by atoms with E-state index in [1.165, 1.54) is 5.56 Å². The Balaban J connectivity index is 1.82. The maximum Gasteiger partial charge on any atom is 0.191 e. The molecule has 0 aliphatic carbocycles. The van der Waals surface area contributed by atoms with E-state index < -0.39 is 0 Å². The fraction of sp³-hybridized carbons (Fsp3) is 0.235. The van der Waals surface area contributed by atoms with Gasteiger partial charge < -0.3 is 4.57 Å². The number of nitrogens with zero attached hydrogens (tertiary/aromatic N) is 4. The van der Waals surface area contributed by atoms with Crippen molar-refractivity contribution in [1.29, 1.82) is 0 Å². The second-order valence-corrected chi connectivity index (χ2v) is 6.49. The standard InChI is InChI=1S/C17H17ClN4S/c1-2-11-22-16(14-7-9-19-10-8-14)20-21-17(22)23-12-13-3-5-15(18)6-4-13/h3-10H,2,11-12H2,1H3. The molecule has 3 aromatic rings. The third-order valence-electron chi connectivity index (χ3n) is 3.38. The number of hydrogen-bond acceptors (Lipinski definition) is 4. The van der Waals surface area contributed by atoms with Crippen molar-refractivity contribution in [2.24, 2.45) is 0 Å². The van der Waals surface area contributed by atoms with Gasteiger partial charge in [-0.2, -0.15) is 0 Å². The highest BCUT2D eigenvalue weighted by molar-refractivity contribution is 7.98. The van der Waals surface area contributed by atoms with Crippen molar-refractivity contribution in [3.8, 4) is 11.4 Å². The van der Waals surface area contributed by atoms with E-state index in [1.54, 1.807) is 24.2 Å². The average molecular weight is 345 g/mol. The molecule has 0 unspecified atom stereocenters. The molecule has 0 N–H and O–H groups in total. The summed E-state index contributed by atoms with van der Waals surface area (Å²) in [6.07, 6.45) is 4.59. The van der Waals surface area contributed by atoms with Crippen LogP contribution in [0.4, 0.5) is 0 Å². The molecular weight excluding hydrogens is 328 g/mol. The topological polar surface area (TPSA) is 43.6 Å². The van der Waals surface area contributed by atoms with Crippen LogP contribution in [-0.2, 0) is 12.3 Å². The van der Waals surface area contributed by atoms with Gasteiger partial charge in [0.25, 0.3) is 0 Å². The second kappa shape index (κ2) is 7.62. The molecule has 0 radical (unpaired) electrons. The maximum absolute atomic E-state index is 5.93. The van der Waals surface area contributed by atoms with E-state index >= 15 is 0 Å². The number of rotatable bonds is 6. The number of thioether (sulfide) groups is 1. The smallest absolute Gasteiger partial charge is 0.191 e. The molecular formula is C17H17ClN4S. The lowest BCUT2D eigenvalue weighted by Crippen LogP contribution is -2.02. The minimum atomic E-state index is 0.757. The van der Waals surface area contributed by atoms with Gasteiger partial charge in [-0.05, 0) is 36.2 Å². The SMILES string of the molecule is CCCn1c(SCc2ccc(Cl)cc2)nnc1-c1ccncc1. The van der Waals surface area contributed by atoms with Gasteiger partial charge in [0.05, 0.1) is 0 Å². The Labute approximate surface area is 144 Å². The van der Waals surface area contributed by atoms with Crippen LogP contribution in [-0.4, -0.2) is 19.7 Å². The first-order valence-corrected chi connectivity index (χ1v) is 8.85. The summed E-state index contributed by atoms with van der Waals surface area (Å²) in [5.41, 5.74) is 2.26. The van der Waals surface area contributed by atoms with E-state index in [4.69, 9.17) is 11.6 Å². The highest BCUT2D eigenvalue weighted by Crippen LogP contribution is 2.26. The van der Waals surface area contributed by atoms with Gasteiger partial charge in [-0.3, -0.25) is 4.98 Å². The van der Waals surface area contributed by atoms with E-state index in [-0.39, 0.29) is 0 Å². The molecule has 0 saturated carbocycles. The van der Waals surface area contributed by atoms with Gasteiger partial charge in [-0.1, -0.05) is 42.4 Å². The van der Waals surface area contributed by atoms with Crippen molar-refractivity contribution >= 4 is 23.4 Å². The lowest BCUT2D eigenvalue weighted by molar-refractivity contribution is 0.626. The molecule has 0 spiro atoms. The summed E-state index contributed by atoms with van der Waals surface area (Å²) in [4.78, 5) is 4.06. The summed E-state index contributed by atoms with van der Waals surface area (Å²) in [7, 11) is 0. The molecule has 2 heterocycles. The fourth-order valence-corrected chi connectivity index (χ4v) is 3.31. The number of pyridine rings is 1. The largest absolute Gasteiger partial charge is 0.302 e. The van der Waals surface area contributed by atoms with E-state index in [9.17, 15) is 0 Å². The van der Waals surface area contributed by atoms with Gasteiger partial charge in [0.15, 0.2) is 11.0 Å². The Bertz CT molecular complexity index is 756. The van der Waals surface area contributed by atoms with Gasteiger partial charge in [0.1, 0.15) is 0 Å². The van der Waals surface area contributed by atoms with Crippen LogP contribution in [0.3, 0.4) is 0 Å². The predicted molar refractivity (Wildman–Crippen MR) is 94.6 cm³/mol. The monoisotopic (exact) mass is 344 g/mol. The fourth-order valence-electron chi connectivity index (χ4n) is 2.26. The van der Waals surface area contributed by atoms with Crippen LogP contribution in [0.1, 0.15) is 18.9 Å². The molecule has 0 fully saturated rings. The highest BCUT2D eigenvalue weighted by Gasteiger charge is 2.13. The molecule has 23 heavy (non-hydrogen) atoms. The Hall–Kier alpha value is -1.85. The van der Waals surface area contributed by atoms with Crippen molar-refractivity contribution in [3.05, 3.63) is 59.4 Å². The Morgan fingerprint density at radius 1 is 1.04 bits per heavy atom. The zero-order valence-corrected chi connectivity index (χ0v) is 14.4. The first kappa shape index (κ1) is 16.0. The molecule has 118 valence electrons. The molecule has 4 nitrogen and oxygen atoms in total. The summed E-state index contributed by atoms with van der Waals surface area (Å²) in [5.74, 6) is 1.74. The Kier molecular flexibility index (Phi) is 5.31. The number of halogens is 1. The molecule has 3 rings (SSSR count). The lowest BCUT2D eigenvalue weighted by atomic mass is 10.2. The molecule has 0 atom stereocenters. The Morgan fingerprint density at radius 2 is 1.78 bits per heavy atom. The van der Waals surface area contributed by atoms with E-state index in [0.29, 0.717) is 0 Å². The summed E-state index contributed by atoms with van der Waals surface area (Å²) >= 11 is 7.62. The minimum Gasteiger partial charge on any atom is -0.302 e. The Morgan fingerprint density at radius 3 is 2.48 bits per heavy atom. The molecule has 0 saturated heterocycles. The number of hydrogen-bond donors (Lipinski definition) is 0. The number of benzene rings is 1. The minimum absolute atomic E-state index is 0.757. The van der Waals surface area contributed by atoms with E-state index in [2.05, 4.69) is 26.7 Å². The molecule has 1 aromatic carbocycles. The normalized spacial score (nSPS) is 10.9. The quantitative estimate of drug-likeness (QED) is 0.608. The van der Waals surface area contributed by atoms with Crippen LogP contribution >= 0.6 is 23.4 Å². The van der Waals surface area contributed by atoms with Crippen molar-refractivity contribution in [3.63, 3.8) is 0 Å². The van der Waals surface area contributed by atoms with Crippen molar-refractivity contribution < 1.29 is 0 Å². The van der Waals surface area contributed by atoms with Crippen LogP contribution in [0.2, 0.25) is 5.02 Å². The molecule has 0 aliphatic heterocycles. The van der Waals surface area contributed by atoms with Crippen molar-refractivity contribution in [1.82, 2.24) is 19.7 Å². The van der Waals surface area contributed by atoms with Gasteiger partial charge in [-0.15, -0.1) is 10.2 Å². The third-order valence-corrected chi connectivity index (χ3v) is 4.67. The van der Waals surface area contributed by atoms with Crippen molar-refractivity contribution in [2.75, 3.05) is 0 Å². The average Bonchev–Trinajstić information content (AvgIpc) is 2.98. The first-order valence-electron chi connectivity index (χ1n) is 7.48. The molecule has 0 aliphatic rings. The maximum atomic E-state index is 5.93. The van der Waals surface area contributed by atoms with Gasteiger partial charge in [0.2, 0.25) is 0 Å². The predicted octanol–water partition coefficient (Wildman–Crippen LogP) is 4.70. The number of aromatic nitrogens is 4. The third kappa shape index (κ3) is 3.92. The van der Waals surface area contributed by atoms with E-state index in [1.807, 2.05) is 36.4 Å². The van der Waals surface area contributed by atoms with Crippen LogP contribution < -0.4 is 0 Å². The van der Waals surface area contributed by atoms with Gasteiger partial charge >= 0.3 is 0 Å². The molecule has 0 amide bonds. The summed E-state index contributed by atoms with van der Waals surface area (Å²) in [6.45, 7) is 3.05. The van der Waals surface area contributed by atoms with Crippen LogP contribution in [0.5, 0.6) is 0 Å². The summed E-state index contributed by atoms with van der Waals surface area (Å²) < 4.78 is 2.18. The second-order valence-electron chi connectivity index (χ2n) is 5.11. The van der Waals surface area contributed by atoms with Crippen LogP contribution in [0.15, 0.2) is 53.9 Å². The molecule has 2 aromatic heterocycles. The van der Waals surface area contributed by atoms with Crippen molar-refractivity contribution in [2.45, 2.75) is 30.8 Å². The first-order chi connectivity index (χ1) is 11.3. The van der Waals surface area contributed by atoms with Crippen LogP contribution in [0.25, 0.3) is 11.4 Å². The zero-order chi connectivity index (χ0) is 16.1. The van der Waals surface area contributed by atoms with Gasteiger partial charge in [0, 0.05) is 35.3 Å². The lowest BCUT2D eigenvalue weighted by Gasteiger charge is -2.08. The highest BCUT2D eigenvalue weighted by atomic mass is 35.5. The van der Waals surface area contributed by atoms with Gasteiger partial charge in [-0.25, -0.2) is 0 Å². The molecule has 6 heteroatoms. The summed E-state index contributed by atoms with van der Waals surface area (Å²) in [6, 6.07) is 11.8. The summed E-state index contributed by atoms with van der Waals surface area (Å²) in [5, 5.41) is 10.4. The zero-order valence-electron chi connectivity index (χ0n) is 12.8.